The number of hydrogen-bond acceptors (Lipinski definition) is 1. The number of alkyl halides is 1. The molecule has 0 aliphatic heterocycles. The van der Waals surface area contributed by atoms with E-state index in [-0.39, 0.29) is 5.38 Å². The number of halogens is 1. The Labute approximate surface area is 79.6 Å². The molecule has 0 nitrogen and oxygen atoms in total. The van der Waals surface area contributed by atoms with E-state index in [1.165, 1.54) is 0 Å². The van der Waals surface area contributed by atoms with Gasteiger partial charge in [-0.05, 0) is 26.2 Å². The van der Waals surface area contributed by atoms with Crippen molar-refractivity contribution in [2.75, 3.05) is 0 Å². The first-order chi connectivity index (χ1) is 5.13. The molecule has 0 saturated carbocycles. The molecule has 0 aromatic rings. The van der Waals surface area contributed by atoms with Crippen LogP contribution in [0.5, 0.6) is 0 Å². The van der Waals surface area contributed by atoms with Gasteiger partial charge in [0, 0.05) is 4.86 Å². The largest absolute Gasteiger partial charge is 0.117 e. The predicted octanol–water partition coefficient (Wildman–Crippen LogP) is 3.59. The van der Waals surface area contributed by atoms with Crippen molar-refractivity contribution in [2.45, 2.75) is 32.6 Å². The summed E-state index contributed by atoms with van der Waals surface area (Å²) in [7, 11) is 0. The van der Waals surface area contributed by atoms with E-state index in [1.54, 1.807) is 0 Å². The topological polar surface area (TPSA) is 0 Å². The van der Waals surface area contributed by atoms with Gasteiger partial charge in [0.2, 0.25) is 0 Å². The van der Waals surface area contributed by atoms with Crippen LogP contribution in [-0.4, -0.2) is 10.2 Å². The second-order valence-electron chi connectivity index (χ2n) is 2.61. The minimum Gasteiger partial charge on any atom is -0.117 e. The first-order valence-corrected chi connectivity index (χ1v) is 4.75. The number of hydrogen-bond donors (Lipinski definition) is 0. The zero-order valence-corrected chi connectivity index (χ0v) is 8.88. The smallest absolute Gasteiger partial charge is 0.0707 e. The summed E-state index contributed by atoms with van der Waals surface area (Å²) in [6.07, 6.45) is 5.20. The summed E-state index contributed by atoms with van der Waals surface area (Å²) in [6, 6.07) is 0. The Hall–Kier alpha value is 0.120. The molecule has 0 aromatic heterocycles. The summed E-state index contributed by atoms with van der Waals surface area (Å²) in [4.78, 5) is 0.886. The molecule has 2 atom stereocenters. The Morgan fingerprint density at radius 3 is 2.45 bits per heavy atom. The fraction of sp³-hybridized carbons (Fsp3) is 0.667. The maximum Gasteiger partial charge on any atom is 0.0707 e. The first kappa shape index (κ1) is 11.1. The number of rotatable bonds is 4. The second-order valence-corrected chi connectivity index (χ2v) is 3.72. The summed E-state index contributed by atoms with van der Waals surface area (Å²) in [5.41, 5.74) is 0. The minimum atomic E-state index is 0.0196. The van der Waals surface area contributed by atoms with Gasteiger partial charge in [-0.25, -0.2) is 0 Å². The molecule has 0 saturated heterocycles. The van der Waals surface area contributed by atoms with Crippen LogP contribution in [0.1, 0.15) is 27.2 Å². The lowest BCUT2D eigenvalue weighted by molar-refractivity contribution is 0.663. The van der Waals surface area contributed by atoms with Crippen molar-refractivity contribution in [3.63, 3.8) is 0 Å². The number of thiocarbonyl (C=S) groups is 1. The van der Waals surface area contributed by atoms with Crippen LogP contribution in [0, 0.1) is 5.92 Å². The van der Waals surface area contributed by atoms with E-state index in [9.17, 15) is 0 Å². The molecule has 0 aliphatic rings. The van der Waals surface area contributed by atoms with Crippen molar-refractivity contribution in [3.8, 4) is 0 Å². The highest BCUT2D eigenvalue weighted by atomic mass is 35.5. The molecule has 0 aliphatic carbocycles. The predicted molar refractivity (Wildman–Crippen MR) is 56.5 cm³/mol. The molecule has 0 heterocycles. The van der Waals surface area contributed by atoms with E-state index in [4.69, 9.17) is 23.8 Å². The monoisotopic (exact) mass is 190 g/mol. The molecule has 64 valence electrons. The van der Waals surface area contributed by atoms with E-state index in [0.29, 0.717) is 5.92 Å². The minimum absolute atomic E-state index is 0.0196. The van der Waals surface area contributed by atoms with Crippen molar-refractivity contribution in [1.29, 1.82) is 0 Å². The number of allylic oxidation sites excluding steroid dienone is 2. The Bertz CT molecular complexity index is 152. The third-order valence-corrected chi connectivity index (χ3v) is 2.71. The van der Waals surface area contributed by atoms with Gasteiger partial charge in [0.15, 0.2) is 0 Å². The summed E-state index contributed by atoms with van der Waals surface area (Å²) >= 11 is 11.1. The van der Waals surface area contributed by atoms with Crippen molar-refractivity contribution in [3.05, 3.63) is 12.2 Å². The van der Waals surface area contributed by atoms with Crippen LogP contribution in [0.25, 0.3) is 0 Å². The van der Waals surface area contributed by atoms with Crippen LogP contribution < -0.4 is 0 Å². The van der Waals surface area contributed by atoms with Crippen molar-refractivity contribution >= 4 is 28.7 Å². The van der Waals surface area contributed by atoms with E-state index < -0.39 is 0 Å². The Kier molecular flexibility index (Phi) is 5.79. The Balaban J connectivity index is 4.13. The maximum atomic E-state index is 6.07. The fourth-order valence-corrected chi connectivity index (χ4v) is 1.43. The molecule has 2 unspecified atom stereocenters. The van der Waals surface area contributed by atoms with Gasteiger partial charge in [-0.3, -0.25) is 0 Å². The lowest BCUT2D eigenvalue weighted by Gasteiger charge is -2.15. The maximum absolute atomic E-state index is 6.07. The van der Waals surface area contributed by atoms with Crippen LogP contribution in [-0.2, 0) is 0 Å². The molecular weight excluding hydrogens is 176 g/mol. The van der Waals surface area contributed by atoms with Gasteiger partial charge in [0.05, 0.1) is 5.38 Å². The SMILES string of the molecule is CC=CC(CC)C(Cl)C(C)=S. The van der Waals surface area contributed by atoms with E-state index in [1.807, 2.05) is 19.9 Å². The second kappa shape index (κ2) is 5.73. The lowest BCUT2D eigenvalue weighted by Crippen LogP contribution is -2.18. The highest BCUT2D eigenvalue weighted by Gasteiger charge is 2.15. The third kappa shape index (κ3) is 3.88. The summed E-state index contributed by atoms with van der Waals surface area (Å²) in [5, 5.41) is 0.0196. The van der Waals surface area contributed by atoms with Crippen molar-refractivity contribution in [2.24, 2.45) is 5.92 Å². The van der Waals surface area contributed by atoms with E-state index >= 15 is 0 Å². The highest BCUT2D eigenvalue weighted by Crippen LogP contribution is 2.17. The molecule has 0 spiro atoms. The molecular formula is C9H15ClS. The Morgan fingerprint density at radius 1 is 1.64 bits per heavy atom. The van der Waals surface area contributed by atoms with E-state index in [2.05, 4.69) is 13.0 Å². The first-order valence-electron chi connectivity index (χ1n) is 3.90. The highest BCUT2D eigenvalue weighted by molar-refractivity contribution is 7.80. The van der Waals surface area contributed by atoms with Crippen molar-refractivity contribution in [1.82, 2.24) is 0 Å². The van der Waals surface area contributed by atoms with Gasteiger partial charge in [0.25, 0.3) is 0 Å². The van der Waals surface area contributed by atoms with Crippen LogP contribution in [0.4, 0.5) is 0 Å². The van der Waals surface area contributed by atoms with Gasteiger partial charge < -0.3 is 0 Å². The average molecular weight is 191 g/mol. The standard InChI is InChI=1S/C9H15ClS/c1-4-6-8(5-2)9(10)7(3)11/h4,6,8-9H,5H2,1-3H3. The summed E-state index contributed by atoms with van der Waals surface area (Å²) < 4.78 is 0. The molecule has 0 N–H and O–H groups in total. The molecule has 0 bridgehead atoms. The third-order valence-electron chi connectivity index (χ3n) is 1.68. The van der Waals surface area contributed by atoms with Crippen LogP contribution in [0.2, 0.25) is 0 Å². The molecule has 2 heteroatoms. The quantitative estimate of drug-likeness (QED) is 0.371. The molecule has 11 heavy (non-hydrogen) atoms. The fourth-order valence-electron chi connectivity index (χ4n) is 0.989. The van der Waals surface area contributed by atoms with Gasteiger partial charge in [-0.15, -0.1) is 11.6 Å². The molecule has 0 aromatic carbocycles. The van der Waals surface area contributed by atoms with Crippen molar-refractivity contribution < 1.29 is 0 Å². The molecule has 0 fully saturated rings. The molecule has 0 radical (unpaired) electrons. The lowest BCUT2D eigenvalue weighted by atomic mass is 10.00. The normalized spacial score (nSPS) is 16.7. The van der Waals surface area contributed by atoms with Gasteiger partial charge in [-0.1, -0.05) is 31.3 Å². The van der Waals surface area contributed by atoms with Gasteiger partial charge in [0.1, 0.15) is 0 Å². The van der Waals surface area contributed by atoms with Gasteiger partial charge >= 0.3 is 0 Å². The Morgan fingerprint density at radius 2 is 2.18 bits per heavy atom. The molecule has 0 rings (SSSR count). The summed E-state index contributed by atoms with van der Waals surface area (Å²) in [5.74, 6) is 0.402. The summed E-state index contributed by atoms with van der Waals surface area (Å²) in [6.45, 7) is 6.03. The average Bonchev–Trinajstić information content (AvgIpc) is 1.98. The zero-order chi connectivity index (χ0) is 8.85. The molecule has 0 amide bonds. The van der Waals surface area contributed by atoms with Gasteiger partial charge in [-0.2, -0.15) is 0 Å². The van der Waals surface area contributed by atoms with Crippen LogP contribution in [0.15, 0.2) is 12.2 Å². The van der Waals surface area contributed by atoms with Crippen LogP contribution in [0.3, 0.4) is 0 Å². The van der Waals surface area contributed by atoms with Crippen LogP contribution >= 0.6 is 23.8 Å². The zero-order valence-electron chi connectivity index (χ0n) is 7.30. The van der Waals surface area contributed by atoms with E-state index in [0.717, 1.165) is 11.3 Å².